The van der Waals surface area contributed by atoms with Crippen molar-refractivity contribution in [1.29, 1.82) is 0 Å². The highest BCUT2D eigenvalue weighted by Gasteiger charge is 2.26. The van der Waals surface area contributed by atoms with Gasteiger partial charge in [-0.1, -0.05) is 12.1 Å². The van der Waals surface area contributed by atoms with Crippen LogP contribution in [-0.4, -0.2) is 78.1 Å². The van der Waals surface area contributed by atoms with Gasteiger partial charge in [0.1, 0.15) is 0 Å². The zero-order valence-electron chi connectivity index (χ0n) is 18.1. The first-order valence-electron chi connectivity index (χ1n) is 10.9. The van der Waals surface area contributed by atoms with Gasteiger partial charge in [0.05, 0.1) is 11.3 Å². The van der Waals surface area contributed by atoms with Crippen LogP contribution in [0.3, 0.4) is 0 Å². The first kappa shape index (κ1) is 22.2. The van der Waals surface area contributed by atoms with Gasteiger partial charge >= 0.3 is 0 Å². The molecule has 0 saturated carbocycles. The van der Waals surface area contributed by atoms with Crippen LogP contribution in [0.1, 0.15) is 49.9 Å². The summed E-state index contributed by atoms with van der Waals surface area (Å²) >= 11 is 1.50. The maximum atomic E-state index is 13.2. The highest BCUT2D eigenvalue weighted by Crippen LogP contribution is 2.27. The number of rotatable bonds is 7. The van der Waals surface area contributed by atoms with Crippen molar-refractivity contribution >= 4 is 23.6 Å². The van der Waals surface area contributed by atoms with Gasteiger partial charge in [-0.25, -0.2) is 0 Å². The summed E-state index contributed by atoms with van der Waals surface area (Å²) in [5.41, 5.74) is 0.740. The molecule has 2 fully saturated rings. The summed E-state index contributed by atoms with van der Waals surface area (Å²) in [5.74, 6) is 1.37. The van der Waals surface area contributed by atoms with Crippen LogP contribution in [-0.2, 0) is 4.79 Å². The Balaban J connectivity index is 1.55. The second-order valence-corrected chi connectivity index (χ2v) is 9.66. The molecule has 0 atom stereocenters. The Morgan fingerprint density at radius 1 is 1.07 bits per heavy atom. The van der Waals surface area contributed by atoms with Crippen molar-refractivity contribution in [3.63, 3.8) is 0 Å². The molecule has 2 aliphatic rings. The van der Waals surface area contributed by atoms with Crippen molar-refractivity contribution in [2.24, 2.45) is 5.92 Å². The van der Waals surface area contributed by atoms with E-state index in [4.69, 9.17) is 0 Å². The van der Waals surface area contributed by atoms with Gasteiger partial charge < -0.3 is 14.7 Å². The fourth-order valence-electron chi connectivity index (χ4n) is 4.07. The van der Waals surface area contributed by atoms with E-state index in [1.54, 1.807) is 0 Å². The Hall–Kier alpha value is -1.53. The molecule has 2 amide bonds. The second kappa shape index (κ2) is 10.5. The normalized spacial score (nSPS) is 18.1. The summed E-state index contributed by atoms with van der Waals surface area (Å²) in [5, 5.41) is 0. The topological polar surface area (TPSA) is 43.9 Å². The van der Waals surface area contributed by atoms with Gasteiger partial charge in [-0.3, -0.25) is 9.59 Å². The van der Waals surface area contributed by atoms with Crippen molar-refractivity contribution in [3.8, 4) is 0 Å². The van der Waals surface area contributed by atoms with Crippen LogP contribution < -0.4 is 0 Å². The van der Waals surface area contributed by atoms with E-state index in [1.165, 1.54) is 11.8 Å². The largest absolute Gasteiger partial charge is 0.342 e. The Morgan fingerprint density at radius 3 is 2.38 bits per heavy atom. The molecule has 5 nitrogen and oxygen atoms in total. The molecule has 2 saturated heterocycles. The Kier molecular flexibility index (Phi) is 8.01. The van der Waals surface area contributed by atoms with Crippen molar-refractivity contribution in [2.75, 3.05) is 45.5 Å². The lowest BCUT2D eigenvalue weighted by Crippen LogP contribution is -2.42. The van der Waals surface area contributed by atoms with Crippen molar-refractivity contribution in [3.05, 3.63) is 29.8 Å². The van der Waals surface area contributed by atoms with Gasteiger partial charge in [0.25, 0.3) is 5.91 Å². The number of nitrogens with zero attached hydrogens (tertiary/aromatic N) is 3. The molecule has 2 aliphatic heterocycles. The summed E-state index contributed by atoms with van der Waals surface area (Å²) in [6.45, 7) is 8.94. The molecular formula is C23H35N3O2S. The minimum Gasteiger partial charge on any atom is -0.342 e. The third-order valence-electron chi connectivity index (χ3n) is 6.26. The van der Waals surface area contributed by atoms with Gasteiger partial charge in [-0.15, -0.1) is 11.8 Å². The molecule has 6 heteroatoms. The molecule has 0 unspecified atom stereocenters. The molecule has 29 heavy (non-hydrogen) atoms. The standard InChI is InChI=1S/C23H35N3O2S/c1-18(2)24(3)16-19-10-14-26(15-11-19)23(28)20-8-4-5-9-21(20)29-17-22(27)25-12-6-7-13-25/h4-5,8-9,18-19H,6-7,10-17H2,1-3H3. The Bertz CT molecular complexity index is 695. The number of carbonyl (C=O) groups excluding carboxylic acids is 2. The summed E-state index contributed by atoms with van der Waals surface area (Å²) in [6, 6.07) is 8.31. The third kappa shape index (κ3) is 5.98. The smallest absolute Gasteiger partial charge is 0.254 e. The van der Waals surface area contributed by atoms with Crippen molar-refractivity contribution < 1.29 is 9.59 Å². The van der Waals surface area contributed by atoms with Gasteiger partial charge in [-0.05, 0) is 64.6 Å². The quantitative estimate of drug-likeness (QED) is 0.636. The van der Waals surface area contributed by atoms with E-state index in [2.05, 4.69) is 25.8 Å². The Morgan fingerprint density at radius 2 is 1.72 bits per heavy atom. The van der Waals surface area contributed by atoms with Gasteiger partial charge in [0.15, 0.2) is 0 Å². The molecular weight excluding hydrogens is 382 g/mol. The number of hydrogen-bond acceptors (Lipinski definition) is 4. The molecule has 0 radical (unpaired) electrons. The average Bonchev–Trinajstić information content (AvgIpc) is 3.27. The minimum atomic E-state index is 0.109. The molecule has 1 aromatic carbocycles. The Labute approximate surface area is 179 Å². The first-order valence-corrected chi connectivity index (χ1v) is 11.9. The van der Waals surface area contributed by atoms with Gasteiger partial charge in [0, 0.05) is 43.7 Å². The average molecular weight is 418 g/mol. The van der Waals surface area contributed by atoms with Crippen LogP contribution in [0, 0.1) is 5.92 Å². The summed E-state index contributed by atoms with van der Waals surface area (Å²) in [7, 11) is 2.18. The van der Waals surface area contributed by atoms with E-state index in [9.17, 15) is 9.59 Å². The molecule has 2 heterocycles. The molecule has 3 rings (SSSR count). The highest BCUT2D eigenvalue weighted by atomic mass is 32.2. The van der Waals surface area contributed by atoms with Crippen molar-refractivity contribution in [1.82, 2.24) is 14.7 Å². The van der Waals surface area contributed by atoms with Crippen LogP contribution in [0.2, 0.25) is 0 Å². The predicted molar refractivity (Wildman–Crippen MR) is 119 cm³/mol. The van der Waals surface area contributed by atoms with Crippen LogP contribution >= 0.6 is 11.8 Å². The summed E-state index contributed by atoms with van der Waals surface area (Å²) < 4.78 is 0. The van der Waals surface area contributed by atoms with Crippen LogP contribution in [0.25, 0.3) is 0 Å². The lowest BCUT2D eigenvalue weighted by atomic mass is 9.95. The van der Waals surface area contributed by atoms with Gasteiger partial charge in [0.2, 0.25) is 5.91 Å². The fraction of sp³-hybridized carbons (Fsp3) is 0.652. The molecule has 0 aliphatic carbocycles. The number of carbonyl (C=O) groups is 2. The second-order valence-electron chi connectivity index (χ2n) is 8.64. The molecule has 1 aromatic rings. The summed E-state index contributed by atoms with van der Waals surface area (Å²) in [4.78, 5) is 32.8. The predicted octanol–water partition coefficient (Wildman–Crippen LogP) is 3.59. The highest BCUT2D eigenvalue weighted by molar-refractivity contribution is 8.00. The molecule has 160 valence electrons. The monoisotopic (exact) mass is 417 g/mol. The van der Waals surface area contributed by atoms with E-state index in [0.717, 1.165) is 68.9 Å². The number of likely N-dealkylation sites (tertiary alicyclic amines) is 2. The lowest BCUT2D eigenvalue weighted by molar-refractivity contribution is -0.127. The minimum absolute atomic E-state index is 0.109. The summed E-state index contributed by atoms with van der Waals surface area (Å²) in [6.07, 6.45) is 4.33. The molecule has 0 aromatic heterocycles. The first-order chi connectivity index (χ1) is 14.0. The maximum absolute atomic E-state index is 13.2. The molecule has 0 bridgehead atoms. The number of benzene rings is 1. The van der Waals surface area contributed by atoms with E-state index >= 15 is 0 Å². The van der Waals surface area contributed by atoms with E-state index in [-0.39, 0.29) is 11.8 Å². The number of thioether (sulfide) groups is 1. The van der Waals surface area contributed by atoms with Gasteiger partial charge in [-0.2, -0.15) is 0 Å². The van der Waals surface area contributed by atoms with E-state index in [0.29, 0.717) is 17.7 Å². The third-order valence-corrected chi connectivity index (χ3v) is 7.32. The van der Waals surface area contributed by atoms with E-state index < -0.39 is 0 Å². The van der Waals surface area contributed by atoms with Crippen LogP contribution in [0.15, 0.2) is 29.2 Å². The van der Waals surface area contributed by atoms with Crippen LogP contribution in [0.5, 0.6) is 0 Å². The van der Waals surface area contributed by atoms with E-state index in [1.807, 2.05) is 34.1 Å². The molecule has 0 spiro atoms. The number of amides is 2. The number of hydrogen-bond donors (Lipinski definition) is 0. The maximum Gasteiger partial charge on any atom is 0.254 e. The zero-order chi connectivity index (χ0) is 20.8. The fourth-order valence-corrected chi connectivity index (χ4v) is 5.02. The number of piperidine rings is 1. The van der Waals surface area contributed by atoms with Crippen LogP contribution in [0.4, 0.5) is 0 Å². The molecule has 0 N–H and O–H groups in total. The lowest BCUT2D eigenvalue weighted by Gasteiger charge is -2.35. The van der Waals surface area contributed by atoms with Crippen molar-refractivity contribution in [2.45, 2.75) is 50.5 Å². The zero-order valence-corrected chi connectivity index (χ0v) is 18.9. The SMILES string of the molecule is CC(C)N(C)CC1CCN(C(=O)c2ccccc2SCC(=O)N2CCCC2)CC1.